The first-order valence-electron chi connectivity index (χ1n) is 5.65. The van der Waals surface area contributed by atoms with Gasteiger partial charge in [0.05, 0.1) is 0 Å². The van der Waals surface area contributed by atoms with Crippen molar-refractivity contribution >= 4 is 23.4 Å². The number of fused-ring (bicyclic) bond motifs is 1. The number of hydrogen-bond donors (Lipinski definition) is 2. The minimum atomic E-state index is -0.281. The van der Waals surface area contributed by atoms with Crippen molar-refractivity contribution in [3.8, 4) is 0 Å². The first-order chi connectivity index (χ1) is 9.24. The third-order valence-electron chi connectivity index (χ3n) is 2.62. The van der Waals surface area contributed by atoms with Crippen LogP contribution in [0, 0.1) is 0 Å². The van der Waals surface area contributed by atoms with E-state index in [-0.39, 0.29) is 5.56 Å². The molecule has 0 aliphatic carbocycles. The van der Waals surface area contributed by atoms with E-state index in [2.05, 4.69) is 15.2 Å². The molecule has 1 aromatic carbocycles. The average molecular weight is 273 g/mol. The molecule has 0 aliphatic rings. The van der Waals surface area contributed by atoms with Crippen LogP contribution in [0.15, 0.2) is 46.3 Å². The van der Waals surface area contributed by atoms with E-state index in [4.69, 9.17) is 5.73 Å². The second kappa shape index (κ2) is 4.77. The predicted octanol–water partition coefficient (Wildman–Crippen LogP) is 1.29. The third kappa shape index (κ3) is 2.32. The lowest BCUT2D eigenvalue weighted by Gasteiger charge is -2.02. The number of thioether (sulfide) groups is 1. The quantitative estimate of drug-likeness (QED) is 0.702. The number of nitrogens with zero attached hydrogens (tertiary/aromatic N) is 3. The fourth-order valence-electron chi connectivity index (χ4n) is 1.74. The standard InChI is InChI=1S/C12H11N5OS/c13-9-6-10(18)14-11-15-16-12(17(9)11)19-7-8-4-2-1-3-5-8/h1-6H,7,13H2,(H,14,15,18). The number of hydrogen-bond acceptors (Lipinski definition) is 5. The fraction of sp³-hybridized carbons (Fsp3) is 0.0833. The number of anilines is 1. The molecule has 0 amide bonds. The Balaban J connectivity index is 1.92. The maximum Gasteiger partial charge on any atom is 0.254 e. The van der Waals surface area contributed by atoms with Crippen molar-refractivity contribution < 1.29 is 0 Å². The number of rotatable bonds is 3. The molecule has 2 heterocycles. The number of aromatic nitrogens is 4. The van der Waals surface area contributed by atoms with Gasteiger partial charge in [-0.1, -0.05) is 42.1 Å². The number of nitrogen functional groups attached to an aromatic ring is 1. The van der Waals surface area contributed by atoms with Gasteiger partial charge in [0.1, 0.15) is 5.82 Å². The number of H-pyrrole nitrogens is 1. The van der Waals surface area contributed by atoms with E-state index in [9.17, 15) is 4.79 Å². The van der Waals surface area contributed by atoms with E-state index >= 15 is 0 Å². The zero-order chi connectivity index (χ0) is 13.2. The molecule has 0 atom stereocenters. The van der Waals surface area contributed by atoms with Crippen LogP contribution in [0.4, 0.5) is 5.82 Å². The van der Waals surface area contributed by atoms with E-state index in [0.29, 0.717) is 16.8 Å². The van der Waals surface area contributed by atoms with Gasteiger partial charge in [-0.25, -0.2) is 4.40 Å². The van der Waals surface area contributed by atoms with Gasteiger partial charge in [-0.15, -0.1) is 10.2 Å². The van der Waals surface area contributed by atoms with Crippen molar-refractivity contribution in [3.63, 3.8) is 0 Å². The highest BCUT2D eigenvalue weighted by Gasteiger charge is 2.09. The zero-order valence-electron chi connectivity index (χ0n) is 9.91. The molecule has 6 nitrogen and oxygen atoms in total. The van der Waals surface area contributed by atoms with Crippen LogP contribution in [0.3, 0.4) is 0 Å². The molecule has 2 aromatic heterocycles. The van der Waals surface area contributed by atoms with Gasteiger partial charge in [-0.3, -0.25) is 9.78 Å². The molecule has 0 spiro atoms. The van der Waals surface area contributed by atoms with Crippen molar-refractivity contribution in [1.82, 2.24) is 19.6 Å². The summed E-state index contributed by atoms with van der Waals surface area (Å²) in [5, 5.41) is 8.61. The van der Waals surface area contributed by atoms with Crippen LogP contribution in [0.1, 0.15) is 5.56 Å². The SMILES string of the molecule is Nc1cc(=O)[nH]c2nnc(SCc3ccccc3)n12. The Morgan fingerprint density at radius 2 is 2.05 bits per heavy atom. The lowest BCUT2D eigenvalue weighted by atomic mass is 10.2. The van der Waals surface area contributed by atoms with Crippen LogP contribution < -0.4 is 11.3 Å². The van der Waals surface area contributed by atoms with Gasteiger partial charge in [0.15, 0.2) is 5.16 Å². The smallest absolute Gasteiger partial charge is 0.254 e. The Hall–Kier alpha value is -2.28. The highest BCUT2D eigenvalue weighted by Crippen LogP contribution is 2.22. The highest BCUT2D eigenvalue weighted by atomic mass is 32.2. The summed E-state index contributed by atoms with van der Waals surface area (Å²) in [5.41, 5.74) is 6.73. The molecule has 0 saturated carbocycles. The Bertz CT molecular complexity index is 765. The van der Waals surface area contributed by atoms with Crippen molar-refractivity contribution in [3.05, 3.63) is 52.3 Å². The van der Waals surface area contributed by atoms with E-state index < -0.39 is 0 Å². The molecule has 3 aromatic rings. The van der Waals surface area contributed by atoms with E-state index in [1.165, 1.54) is 23.4 Å². The number of aromatic amines is 1. The molecule has 3 rings (SSSR count). The van der Waals surface area contributed by atoms with Gasteiger partial charge in [0, 0.05) is 11.8 Å². The molecule has 0 bridgehead atoms. The molecule has 0 aliphatic heterocycles. The molecule has 3 N–H and O–H groups in total. The van der Waals surface area contributed by atoms with Gasteiger partial charge in [-0.2, -0.15) is 0 Å². The average Bonchev–Trinajstić information content (AvgIpc) is 2.81. The summed E-state index contributed by atoms with van der Waals surface area (Å²) in [6.07, 6.45) is 0. The second-order valence-electron chi connectivity index (χ2n) is 3.97. The summed E-state index contributed by atoms with van der Waals surface area (Å²) in [6.45, 7) is 0. The lowest BCUT2D eigenvalue weighted by molar-refractivity contribution is 0.923. The third-order valence-corrected chi connectivity index (χ3v) is 3.62. The van der Waals surface area contributed by atoms with Crippen molar-refractivity contribution in [1.29, 1.82) is 0 Å². The van der Waals surface area contributed by atoms with Crippen LogP contribution >= 0.6 is 11.8 Å². The van der Waals surface area contributed by atoms with Gasteiger partial charge in [-0.05, 0) is 5.56 Å². The molecular formula is C12H11N5OS. The van der Waals surface area contributed by atoms with E-state index in [1.807, 2.05) is 30.3 Å². The molecular weight excluding hydrogens is 262 g/mol. The van der Waals surface area contributed by atoms with Crippen molar-refractivity contribution in [2.24, 2.45) is 0 Å². The Kier molecular flexibility index (Phi) is 2.96. The fourth-order valence-corrected chi connectivity index (χ4v) is 2.65. The van der Waals surface area contributed by atoms with Crippen LogP contribution in [-0.4, -0.2) is 19.6 Å². The van der Waals surface area contributed by atoms with Gasteiger partial charge in [0.25, 0.3) is 5.56 Å². The Morgan fingerprint density at radius 3 is 2.84 bits per heavy atom. The zero-order valence-corrected chi connectivity index (χ0v) is 10.7. The van der Waals surface area contributed by atoms with Crippen molar-refractivity contribution in [2.75, 3.05) is 5.73 Å². The first-order valence-corrected chi connectivity index (χ1v) is 6.63. The Morgan fingerprint density at radius 1 is 1.26 bits per heavy atom. The monoisotopic (exact) mass is 273 g/mol. The van der Waals surface area contributed by atoms with Crippen LogP contribution in [-0.2, 0) is 5.75 Å². The molecule has 0 unspecified atom stereocenters. The van der Waals surface area contributed by atoms with Gasteiger partial charge >= 0.3 is 0 Å². The summed E-state index contributed by atoms with van der Waals surface area (Å²) in [5.74, 6) is 1.46. The minimum Gasteiger partial charge on any atom is -0.385 e. The topological polar surface area (TPSA) is 89.1 Å². The lowest BCUT2D eigenvalue weighted by Crippen LogP contribution is -2.11. The highest BCUT2D eigenvalue weighted by molar-refractivity contribution is 7.98. The second-order valence-corrected chi connectivity index (χ2v) is 4.92. The van der Waals surface area contributed by atoms with Crippen LogP contribution in [0.2, 0.25) is 0 Å². The van der Waals surface area contributed by atoms with Crippen molar-refractivity contribution in [2.45, 2.75) is 10.9 Å². The Labute approximate surface area is 112 Å². The number of nitrogens with one attached hydrogen (secondary N) is 1. The maximum absolute atomic E-state index is 11.3. The van der Waals surface area contributed by atoms with E-state index in [1.54, 1.807) is 4.40 Å². The molecule has 19 heavy (non-hydrogen) atoms. The normalized spacial score (nSPS) is 10.9. The summed E-state index contributed by atoms with van der Waals surface area (Å²) < 4.78 is 1.63. The minimum absolute atomic E-state index is 0.281. The van der Waals surface area contributed by atoms with Crippen LogP contribution in [0.25, 0.3) is 5.78 Å². The molecule has 96 valence electrons. The number of nitrogens with two attached hydrogens (primary N) is 1. The van der Waals surface area contributed by atoms with E-state index in [0.717, 1.165) is 5.75 Å². The molecule has 0 radical (unpaired) electrons. The van der Waals surface area contributed by atoms with Gasteiger partial charge < -0.3 is 5.73 Å². The maximum atomic E-state index is 11.3. The van der Waals surface area contributed by atoms with Gasteiger partial charge in [0.2, 0.25) is 5.78 Å². The number of benzene rings is 1. The summed E-state index contributed by atoms with van der Waals surface area (Å²) in [4.78, 5) is 13.9. The molecule has 7 heteroatoms. The molecule has 0 fully saturated rings. The largest absolute Gasteiger partial charge is 0.385 e. The predicted molar refractivity (Wildman–Crippen MR) is 74.0 cm³/mol. The molecule has 0 saturated heterocycles. The summed E-state index contributed by atoms with van der Waals surface area (Å²) >= 11 is 1.52. The first kappa shape index (κ1) is 11.8. The summed E-state index contributed by atoms with van der Waals surface area (Å²) in [6, 6.07) is 11.4. The summed E-state index contributed by atoms with van der Waals surface area (Å²) in [7, 11) is 0. The van der Waals surface area contributed by atoms with Crippen LogP contribution in [0.5, 0.6) is 0 Å².